The van der Waals surface area contributed by atoms with E-state index < -0.39 is 24.3 Å². The molecular formula is C28H28F6N6O4. The van der Waals surface area contributed by atoms with Gasteiger partial charge in [0.1, 0.15) is 0 Å². The van der Waals surface area contributed by atoms with Crippen LogP contribution in [0, 0.1) is 13.8 Å². The van der Waals surface area contributed by atoms with Gasteiger partial charge in [-0.3, -0.25) is 14.3 Å². The number of nitrogens with zero attached hydrogens (tertiary/aromatic N) is 6. The number of carbonyl (C=O) groups is 2. The van der Waals surface area contributed by atoms with Crippen LogP contribution in [0.4, 0.5) is 32.2 Å². The van der Waals surface area contributed by atoms with Crippen molar-refractivity contribution in [3.8, 4) is 11.3 Å². The van der Waals surface area contributed by atoms with Gasteiger partial charge in [0.05, 0.1) is 11.9 Å². The second kappa shape index (κ2) is 14.2. The van der Waals surface area contributed by atoms with Crippen molar-refractivity contribution in [3.05, 3.63) is 78.0 Å². The Kier molecular flexibility index (Phi) is 10.9. The number of halogens is 6. The van der Waals surface area contributed by atoms with Gasteiger partial charge in [0.15, 0.2) is 11.5 Å². The summed E-state index contributed by atoms with van der Waals surface area (Å²) in [7, 11) is 0. The summed E-state index contributed by atoms with van der Waals surface area (Å²) in [4.78, 5) is 36.2. The molecule has 0 atom stereocenters. The molecule has 0 spiro atoms. The Labute approximate surface area is 247 Å². The third-order valence-electron chi connectivity index (χ3n) is 6.23. The summed E-state index contributed by atoms with van der Waals surface area (Å²) in [5.74, 6) is -4.55. The first-order valence-corrected chi connectivity index (χ1v) is 12.9. The van der Waals surface area contributed by atoms with E-state index in [0.717, 1.165) is 55.4 Å². The lowest BCUT2D eigenvalue weighted by molar-refractivity contribution is -0.193. The molecule has 5 rings (SSSR count). The molecule has 10 nitrogen and oxygen atoms in total. The number of aromatic nitrogens is 4. The number of carboxylic acid groups (broad SMARTS) is 2. The Morgan fingerprint density at radius 2 is 1.34 bits per heavy atom. The van der Waals surface area contributed by atoms with Crippen molar-refractivity contribution in [2.24, 2.45) is 0 Å². The summed E-state index contributed by atoms with van der Waals surface area (Å²) in [6, 6.07) is 10.9. The number of anilines is 1. The van der Waals surface area contributed by atoms with Gasteiger partial charge in [0.2, 0.25) is 0 Å². The average Bonchev–Trinajstić information content (AvgIpc) is 3.38. The molecule has 1 aromatic carbocycles. The van der Waals surface area contributed by atoms with E-state index in [-0.39, 0.29) is 0 Å². The first-order chi connectivity index (χ1) is 20.6. The molecule has 0 radical (unpaired) electrons. The van der Waals surface area contributed by atoms with Crippen molar-refractivity contribution < 1.29 is 46.1 Å². The van der Waals surface area contributed by atoms with E-state index in [9.17, 15) is 26.3 Å². The average molecular weight is 627 g/mol. The maximum Gasteiger partial charge on any atom is 0.490 e. The molecule has 4 aromatic rings. The fraction of sp³-hybridized carbons (Fsp3) is 0.321. The molecule has 3 aromatic heterocycles. The maximum absolute atomic E-state index is 10.6. The molecule has 236 valence electrons. The zero-order chi connectivity index (χ0) is 32.7. The molecule has 44 heavy (non-hydrogen) atoms. The van der Waals surface area contributed by atoms with Crippen LogP contribution in [0.25, 0.3) is 16.9 Å². The molecule has 1 fully saturated rings. The minimum atomic E-state index is -5.08. The topological polar surface area (TPSA) is 124 Å². The van der Waals surface area contributed by atoms with Gasteiger partial charge in [0.25, 0.3) is 0 Å². The number of rotatable bonds is 4. The zero-order valence-corrected chi connectivity index (χ0v) is 23.5. The van der Waals surface area contributed by atoms with Gasteiger partial charge in [-0.25, -0.2) is 19.6 Å². The molecule has 0 amide bonds. The summed E-state index contributed by atoms with van der Waals surface area (Å²) in [5, 5.41) is 14.2. The number of pyridine rings is 1. The molecular weight excluding hydrogens is 598 g/mol. The van der Waals surface area contributed by atoms with Crippen molar-refractivity contribution >= 4 is 23.4 Å². The van der Waals surface area contributed by atoms with Crippen molar-refractivity contribution in [1.29, 1.82) is 0 Å². The largest absolute Gasteiger partial charge is 0.490 e. The molecule has 0 saturated carbocycles. The van der Waals surface area contributed by atoms with Crippen molar-refractivity contribution in [2.75, 3.05) is 31.1 Å². The third kappa shape index (κ3) is 9.39. The maximum atomic E-state index is 10.6. The van der Waals surface area contributed by atoms with Gasteiger partial charge in [-0.1, -0.05) is 29.3 Å². The number of fused-ring (bicyclic) bond motifs is 1. The first-order valence-electron chi connectivity index (χ1n) is 12.9. The summed E-state index contributed by atoms with van der Waals surface area (Å²) in [6.07, 6.45) is -0.766. The summed E-state index contributed by atoms with van der Waals surface area (Å²) < 4.78 is 65.6. The number of aliphatic carboxylic acids is 2. The highest BCUT2D eigenvalue weighted by Gasteiger charge is 2.38. The molecule has 1 saturated heterocycles. The molecule has 0 bridgehead atoms. The highest BCUT2D eigenvalue weighted by molar-refractivity contribution is 5.73. The van der Waals surface area contributed by atoms with Gasteiger partial charge in [-0.05, 0) is 31.5 Å². The van der Waals surface area contributed by atoms with Gasteiger partial charge < -0.3 is 15.1 Å². The number of aryl methyl sites for hydroxylation is 2. The molecule has 16 heteroatoms. The van der Waals surface area contributed by atoms with Crippen LogP contribution < -0.4 is 4.90 Å². The van der Waals surface area contributed by atoms with Gasteiger partial charge in [0, 0.05) is 63.1 Å². The molecule has 1 aliphatic rings. The normalized spacial score (nSPS) is 13.9. The van der Waals surface area contributed by atoms with Gasteiger partial charge in [-0.2, -0.15) is 26.3 Å². The van der Waals surface area contributed by atoms with Crippen LogP contribution in [0.1, 0.15) is 16.7 Å². The Morgan fingerprint density at radius 3 is 1.84 bits per heavy atom. The fourth-order valence-corrected chi connectivity index (χ4v) is 4.40. The second-order valence-electron chi connectivity index (χ2n) is 9.69. The van der Waals surface area contributed by atoms with E-state index in [1.807, 2.05) is 43.1 Å². The highest BCUT2D eigenvalue weighted by Crippen LogP contribution is 2.26. The Bertz CT molecular complexity index is 1520. The lowest BCUT2D eigenvalue weighted by atomic mass is 10.1. The Hall–Kier alpha value is -4.73. The van der Waals surface area contributed by atoms with Crippen LogP contribution in [-0.4, -0.2) is 84.9 Å². The lowest BCUT2D eigenvalue weighted by Gasteiger charge is -2.35. The van der Waals surface area contributed by atoms with Crippen molar-refractivity contribution in [1.82, 2.24) is 24.3 Å². The zero-order valence-electron chi connectivity index (χ0n) is 23.5. The lowest BCUT2D eigenvalue weighted by Crippen LogP contribution is -2.46. The molecule has 0 unspecified atom stereocenters. The molecule has 0 aliphatic carbocycles. The third-order valence-corrected chi connectivity index (χ3v) is 6.23. The van der Waals surface area contributed by atoms with Crippen molar-refractivity contribution in [3.63, 3.8) is 0 Å². The Morgan fingerprint density at radius 1 is 0.818 bits per heavy atom. The van der Waals surface area contributed by atoms with Crippen LogP contribution in [0.3, 0.4) is 0 Å². The van der Waals surface area contributed by atoms with Crippen LogP contribution in [0.15, 0.2) is 61.3 Å². The van der Waals surface area contributed by atoms with E-state index in [1.165, 1.54) is 16.7 Å². The quantitative estimate of drug-likeness (QED) is 0.302. The molecule has 2 N–H and O–H groups in total. The smallest absolute Gasteiger partial charge is 0.475 e. The van der Waals surface area contributed by atoms with Gasteiger partial charge >= 0.3 is 24.3 Å². The molecule has 1 aliphatic heterocycles. The number of hydrogen-bond donors (Lipinski definition) is 2. The number of imidazole rings is 1. The first kappa shape index (κ1) is 33.8. The number of benzene rings is 1. The standard InChI is InChI=1S/C24H26N6.2C2HF3O2/c1-18-13-19(2)15-20(14-18)17-28-9-11-29(12-10-28)23-24-27-16-22(30(24)8-7-26-23)21-3-5-25-6-4-21;2*3-2(4,5)1(6)7/h3-8,13-16H,9-12,17H2,1-2H3;2*(H,6,7). The summed E-state index contributed by atoms with van der Waals surface area (Å²) in [6.45, 7) is 9.30. The second-order valence-corrected chi connectivity index (χ2v) is 9.69. The van der Waals surface area contributed by atoms with E-state index >= 15 is 0 Å². The Balaban J connectivity index is 0.000000317. The minimum Gasteiger partial charge on any atom is -0.475 e. The number of carboxylic acids is 2. The SMILES string of the molecule is Cc1cc(C)cc(CN2CCN(c3nccn4c(-c5ccncc5)cnc34)CC2)c1.O=C(O)C(F)(F)F.O=C(O)C(F)(F)F. The fourth-order valence-electron chi connectivity index (χ4n) is 4.40. The highest BCUT2D eigenvalue weighted by atomic mass is 19.4. The minimum absolute atomic E-state index is 0.909. The van der Waals surface area contributed by atoms with E-state index in [1.54, 1.807) is 0 Å². The number of alkyl halides is 6. The van der Waals surface area contributed by atoms with E-state index in [0.29, 0.717) is 0 Å². The van der Waals surface area contributed by atoms with Crippen LogP contribution >= 0.6 is 0 Å². The monoisotopic (exact) mass is 626 g/mol. The van der Waals surface area contributed by atoms with Crippen LogP contribution in [-0.2, 0) is 16.1 Å². The summed E-state index contributed by atoms with van der Waals surface area (Å²) >= 11 is 0. The molecule has 4 heterocycles. The summed E-state index contributed by atoms with van der Waals surface area (Å²) in [5.41, 5.74) is 7.15. The predicted octanol–water partition coefficient (Wildman–Crippen LogP) is 5.00. The number of piperazine rings is 1. The van der Waals surface area contributed by atoms with E-state index in [2.05, 4.69) is 56.2 Å². The predicted molar refractivity (Wildman–Crippen MR) is 147 cm³/mol. The number of hydrogen-bond acceptors (Lipinski definition) is 7. The van der Waals surface area contributed by atoms with Crippen LogP contribution in [0.5, 0.6) is 0 Å². The van der Waals surface area contributed by atoms with Crippen LogP contribution in [0.2, 0.25) is 0 Å². The van der Waals surface area contributed by atoms with E-state index in [4.69, 9.17) is 24.8 Å². The van der Waals surface area contributed by atoms with Crippen molar-refractivity contribution in [2.45, 2.75) is 32.7 Å². The van der Waals surface area contributed by atoms with Gasteiger partial charge in [-0.15, -0.1) is 0 Å².